The van der Waals surface area contributed by atoms with Crippen molar-refractivity contribution in [3.8, 4) is 23.0 Å². The summed E-state index contributed by atoms with van der Waals surface area (Å²) in [5, 5.41) is 9.81. The second-order valence-corrected chi connectivity index (χ2v) is 6.83. The van der Waals surface area contributed by atoms with Crippen LogP contribution >= 0.6 is 0 Å². The molecule has 1 saturated heterocycles. The molecule has 7 heteroatoms. The number of carbonyl (C=O) groups is 1. The van der Waals surface area contributed by atoms with Crippen LogP contribution in [0.4, 0.5) is 0 Å². The summed E-state index contributed by atoms with van der Waals surface area (Å²) in [6.07, 6.45) is 1.40. The second kappa shape index (κ2) is 9.05. The number of rotatable bonds is 8. The predicted molar refractivity (Wildman–Crippen MR) is 108 cm³/mol. The Morgan fingerprint density at radius 2 is 1.76 bits per heavy atom. The molecular weight excluding hydrogens is 374 g/mol. The largest absolute Gasteiger partial charge is 0.497 e. The molecule has 0 aromatic heterocycles. The number of methoxy groups -OCH3 is 4. The Balaban J connectivity index is 2.23. The van der Waals surface area contributed by atoms with Crippen LogP contribution in [0.5, 0.6) is 23.0 Å². The Labute approximate surface area is 170 Å². The van der Waals surface area contributed by atoms with Gasteiger partial charge in [0.25, 0.3) is 0 Å². The van der Waals surface area contributed by atoms with Crippen LogP contribution in [0.3, 0.4) is 0 Å². The molecule has 0 spiro atoms. The number of hydrogen-bond donors (Lipinski definition) is 1. The smallest absolute Gasteiger partial charge is 0.320 e. The Morgan fingerprint density at radius 1 is 1.00 bits per heavy atom. The van der Waals surface area contributed by atoms with Crippen LogP contribution in [0.25, 0.3) is 0 Å². The molecule has 3 rings (SSSR count). The lowest BCUT2D eigenvalue weighted by atomic mass is 9.94. The molecule has 2 aromatic carbocycles. The molecule has 1 N–H and O–H groups in total. The maximum atomic E-state index is 12.0. The molecule has 29 heavy (non-hydrogen) atoms. The van der Waals surface area contributed by atoms with Crippen LogP contribution in [-0.2, 0) is 4.79 Å². The molecule has 7 nitrogen and oxygen atoms in total. The van der Waals surface area contributed by atoms with Crippen molar-refractivity contribution in [3.63, 3.8) is 0 Å². The first-order valence-electron chi connectivity index (χ1n) is 9.47. The summed E-state index contributed by atoms with van der Waals surface area (Å²) in [5.41, 5.74) is 1.66. The molecule has 0 radical (unpaired) electrons. The first-order chi connectivity index (χ1) is 14.0. The molecule has 0 saturated carbocycles. The van der Waals surface area contributed by atoms with E-state index >= 15 is 0 Å². The van der Waals surface area contributed by atoms with Gasteiger partial charge in [-0.05, 0) is 31.0 Å². The zero-order valence-electron chi connectivity index (χ0n) is 17.2. The van der Waals surface area contributed by atoms with E-state index in [2.05, 4.69) is 0 Å². The van der Waals surface area contributed by atoms with Gasteiger partial charge in [0.1, 0.15) is 17.5 Å². The van der Waals surface area contributed by atoms with E-state index in [1.165, 1.54) is 0 Å². The van der Waals surface area contributed by atoms with Gasteiger partial charge < -0.3 is 24.1 Å². The van der Waals surface area contributed by atoms with Crippen LogP contribution < -0.4 is 18.9 Å². The highest BCUT2D eigenvalue weighted by Gasteiger charge is 2.39. The summed E-state index contributed by atoms with van der Waals surface area (Å²) < 4.78 is 22.1. The Hall–Kier alpha value is -2.93. The number of nitrogens with zero attached hydrogens (tertiary/aromatic N) is 1. The normalized spacial score (nSPS) is 17.6. The van der Waals surface area contributed by atoms with E-state index in [0.29, 0.717) is 36.0 Å². The average molecular weight is 401 g/mol. The third kappa shape index (κ3) is 3.96. The molecule has 2 aromatic rings. The minimum atomic E-state index is -0.832. The number of carboxylic acids is 1. The molecule has 1 heterocycles. The molecule has 1 fully saturated rings. The van der Waals surface area contributed by atoms with Gasteiger partial charge in [-0.25, -0.2) is 0 Å². The van der Waals surface area contributed by atoms with E-state index in [4.69, 9.17) is 18.9 Å². The highest BCUT2D eigenvalue weighted by molar-refractivity contribution is 5.74. The lowest BCUT2D eigenvalue weighted by Gasteiger charge is -2.34. The van der Waals surface area contributed by atoms with E-state index in [1.807, 2.05) is 35.2 Å². The van der Waals surface area contributed by atoms with Gasteiger partial charge in [0.05, 0.1) is 34.5 Å². The maximum absolute atomic E-state index is 12.0. The number of aliphatic carboxylic acids is 1. The fourth-order valence-electron chi connectivity index (χ4n) is 4.06. The fourth-order valence-corrected chi connectivity index (χ4v) is 4.06. The summed E-state index contributed by atoms with van der Waals surface area (Å²) in [6, 6.07) is 10.2. The molecule has 0 bridgehead atoms. The third-order valence-corrected chi connectivity index (χ3v) is 5.37. The predicted octanol–water partition coefficient (Wildman–Crippen LogP) is 3.36. The van der Waals surface area contributed by atoms with Gasteiger partial charge in [-0.3, -0.25) is 9.69 Å². The number of ether oxygens (including phenoxy) is 4. The van der Waals surface area contributed by atoms with Gasteiger partial charge in [-0.2, -0.15) is 0 Å². The van der Waals surface area contributed by atoms with E-state index in [0.717, 1.165) is 17.5 Å². The Bertz CT molecular complexity index is 868. The van der Waals surface area contributed by atoms with Crippen molar-refractivity contribution in [2.75, 3.05) is 35.0 Å². The van der Waals surface area contributed by atoms with Crippen LogP contribution in [0.15, 0.2) is 36.4 Å². The zero-order valence-corrected chi connectivity index (χ0v) is 17.2. The Morgan fingerprint density at radius 3 is 2.38 bits per heavy atom. The number of para-hydroxylation sites is 1. The van der Waals surface area contributed by atoms with Gasteiger partial charge in [0.2, 0.25) is 0 Å². The summed E-state index contributed by atoms with van der Waals surface area (Å²) in [7, 11) is 6.36. The fraction of sp³-hybridized carbons (Fsp3) is 0.409. The molecule has 2 unspecified atom stereocenters. The number of likely N-dealkylation sites (tertiary alicyclic amines) is 1. The molecule has 0 amide bonds. The summed E-state index contributed by atoms with van der Waals surface area (Å²) in [6.45, 7) is 0.650. The second-order valence-electron chi connectivity index (χ2n) is 6.83. The summed E-state index contributed by atoms with van der Waals surface area (Å²) in [5.74, 6) is 1.62. The monoisotopic (exact) mass is 401 g/mol. The third-order valence-electron chi connectivity index (χ3n) is 5.37. The SMILES string of the molecule is COc1ccc(C(c2cccc(OC)c2OC)N2CCCC2C(=O)O)c(OC)c1. The molecular formula is C22H27NO6. The lowest BCUT2D eigenvalue weighted by molar-refractivity contribution is -0.142. The highest BCUT2D eigenvalue weighted by Crippen LogP contribution is 2.45. The number of carboxylic acid groups (broad SMARTS) is 1. The quantitative estimate of drug-likeness (QED) is 0.727. The Kier molecular flexibility index (Phi) is 6.49. The minimum Gasteiger partial charge on any atom is -0.497 e. The summed E-state index contributed by atoms with van der Waals surface area (Å²) >= 11 is 0. The van der Waals surface area contributed by atoms with E-state index in [9.17, 15) is 9.90 Å². The van der Waals surface area contributed by atoms with Crippen molar-refractivity contribution >= 4 is 5.97 Å². The van der Waals surface area contributed by atoms with Crippen molar-refractivity contribution in [1.82, 2.24) is 4.90 Å². The van der Waals surface area contributed by atoms with Crippen molar-refractivity contribution < 1.29 is 28.8 Å². The minimum absolute atomic E-state index is 0.385. The van der Waals surface area contributed by atoms with Gasteiger partial charge in [-0.1, -0.05) is 12.1 Å². The molecule has 156 valence electrons. The first-order valence-corrected chi connectivity index (χ1v) is 9.47. The maximum Gasteiger partial charge on any atom is 0.320 e. The van der Waals surface area contributed by atoms with Gasteiger partial charge in [0, 0.05) is 23.7 Å². The van der Waals surface area contributed by atoms with Crippen molar-refractivity contribution in [1.29, 1.82) is 0 Å². The average Bonchev–Trinajstić information content (AvgIpc) is 3.23. The molecule has 1 aliphatic heterocycles. The zero-order chi connectivity index (χ0) is 21.0. The van der Waals surface area contributed by atoms with E-state index in [-0.39, 0.29) is 6.04 Å². The van der Waals surface area contributed by atoms with Crippen LogP contribution in [0, 0.1) is 0 Å². The molecule has 1 aliphatic rings. The van der Waals surface area contributed by atoms with Crippen LogP contribution in [-0.4, -0.2) is 57.0 Å². The van der Waals surface area contributed by atoms with Gasteiger partial charge in [0.15, 0.2) is 11.5 Å². The van der Waals surface area contributed by atoms with E-state index < -0.39 is 12.0 Å². The number of hydrogen-bond acceptors (Lipinski definition) is 6. The topological polar surface area (TPSA) is 77.5 Å². The van der Waals surface area contributed by atoms with Crippen molar-refractivity contribution in [3.05, 3.63) is 47.5 Å². The highest BCUT2D eigenvalue weighted by atomic mass is 16.5. The lowest BCUT2D eigenvalue weighted by Crippen LogP contribution is -2.39. The van der Waals surface area contributed by atoms with Gasteiger partial charge in [-0.15, -0.1) is 0 Å². The molecule has 0 aliphatic carbocycles. The van der Waals surface area contributed by atoms with Crippen LogP contribution in [0.2, 0.25) is 0 Å². The molecule has 2 atom stereocenters. The van der Waals surface area contributed by atoms with Crippen molar-refractivity contribution in [2.45, 2.75) is 24.9 Å². The van der Waals surface area contributed by atoms with Crippen LogP contribution in [0.1, 0.15) is 30.0 Å². The standard InChI is InChI=1S/C22H27NO6/c1-26-14-10-11-15(19(13-14)28-3)20(23-12-6-8-17(23)22(24)25)16-7-5-9-18(27-2)21(16)29-4/h5,7,9-11,13,17,20H,6,8,12H2,1-4H3,(H,24,25). The first kappa shape index (κ1) is 20.8. The van der Waals surface area contributed by atoms with E-state index in [1.54, 1.807) is 34.5 Å². The van der Waals surface area contributed by atoms with Gasteiger partial charge >= 0.3 is 5.97 Å². The summed E-state index contributed by atoms with van der Waals surface area (Å²) in [4.78, 5) is 14.0. The number of benzene rings is 2. The van der Waals surface area contributed by atoms with Crippen molar-refractivity contribution in [2.24, 2.45) is 0 Å².